The molecule has 0 aromatic carbocycles. The number of morpholine rings is 1. The van der Waals surface area contributed by atoms with Crippen LogP contribution in [0.5, 0.6) is 0 Å². The van der Waals surface area contributed by atoms with E-state index in [-0.39, 0.29) is 18.4 Å². The van der Waals surface area contributed by atoms with Crippen LogP contribution in [-0.2, 0) is 9.47 Å². The van der Waals surface area contributed by atoms with Crippen LogP contribution in [0.25, 0.3) is 11.0 Å². The molecule has 0 radical (unpaired) electrons. The van der Waals surface area contributed by atoms with E-state index in [9.17, 15) is 0 Å². The maximum Gasteiger partial charge on any atom is 0.147 e. The molecule has 2 aromatic heterocycles. The van der Waals surface area contributed by atoms with E-state index in [2.05, 4.69) is 19.4 Å². The van der Waals surface area contributed by atoms with Crippen LogP contribution >= 0.6 is 0 Å². The van der Waals surface area contributed by atoms with Gasteiger partial charge in [-0.1, -0.05) is 0 Å². The Morgan fingerprint density at radius 2 is 2.17 bits per heavy atom. The highest BCUT2D eigenvalue weighted by atomic mass is 16.5. The molecule has 2 aliphatic rings. The second-order valence-corrected chi connectivity index (χ2v) is 6.50. The first-order valence-corrected chi connectivity index (χ1v) is 8.51. The molecule has 2 aromatic rings. The number of rotatable bonds is 4. The molecule has 8 heteroatoms. The van der Waals surface area contributed by atoms with Crippen molar-refractivity contribution in [1.29, 1.82) is 0 Å². The molecule has 2 saturated heterocycles. The SMILES string of the molecule is NCC1CN(CC2CCC(n3ccc4c(N)ncnc43)O2)CCO1. The first-order chi connectivity index (χ1) is 11.7. The van der Waals surface area contributed by atoms with Crippen LogP contribution < -0.4 is 11.5 Å². The molecular formula is C16H24N6O2. The average Bonchev–Trinajstić information content (AvgIpc) is 3.22. The van der Waals surface area contributed by atoms with Crippen LogP contribution in [0.1, 0.15) is 19.1 Å². The maximum atomic E-state index is 6.27. The number of aromatic nitrogens is 3. The molecule has 0 amide bonds. The third-order valence-corrected chi connectivity index (χ3v) is 4.88. The van der Waals surface area contributed by atoms with Crippen molar-refractivity contribution in [1.82, 2.24) is 19.4 Å². The van der Waals surface area contributed by atoms with Crippen LogP contribution in [0.3, 0.4) is 0 Å². The Kier molecular flexibility index (Phi) is 4.36. The highest BCUT2D eigenvalue weighted by Crippen LogP contribution is 2.32. The summed E-state index contributed by atoms with van der Waals surface area (Å²) in [4.78, 5) is 10.8. The van der Waals surface area contributed by atoms with Gasteiger partial charge >= 0.3 is 0 Å². The lowest BCUT2D eigenvalue weighted by Gasteiger charge is -2.33. The van der Waals surface area contributed by atoms with Crippen LogP contribution in [0.15, 0.2) is 18.6 Å². The molecule has 8 nitrogen and oxygen atoms in total. The number of hydrogen-bond acceptors (Lipinski definition) is 7. The zero-order valence-electron chi connectivity index (χ0n) is 13.7. The summed E-state index contributed by atoms with van der Waals surface area (Å²) >= 11 is 0. The number of anilines is 1. The standard InChI is InChI=1S/C16H24N6O2/c17-7-12-9-21(5-6-23-12)8-11-1-2-14(24-11)22-4-3-13-15(18)19-10-20-16(13)22/h3-4,10-12,14H,1-2,5-9,17H2,(H2,18,19,20). The lowest BCUT2D eigenvalue weighted by molar-refractivity contribution is -0.0549. The number of ether oxygens (including phenoxy) is 2. The Morgan fingerprint density at radius 3 is 3.04 bits per heavy atom. The molecule has 24 heavy (non-hydrogen) atoms. The van der Waals surface area contributed by atoms with Crippen LogP contribution in [0.2, 0.25) is 0 Å². The number of nitrogens with two attached hydrogens (primary N) is 2. The van der Waals surface area contributed by atoms with Gasteiger partial charge in [-0.05, 0) is 18.9 Å². The van der Waals surface area contributed by atoms with E-state index >= 15 is 0 Å². The first kappa shape index (κ1) is 15.8. The zero-order chi connectivity index (χ0) is 16.5. The lowest BCUT2D eigenvalue weighted by atomic mass is 10.2. The summed E-state index contributed by atoms with van der Waals surface area (Å²) in [7, 11) is 0. The Labute approximate surface area is 140 Å². The van der Waals surface area contributed by atoms with E-state index in [1.807, 2.05) is 12.3 Å². The molecular weight excluding hydrogens is 308 g/mol. The molecule has 4 heterocycles. The Balaban J connectivity index is 1.42. The summed E-state index contributed by atoms with van der Waals surface area (Å²) in [5.41, 5.74) is 12.5. The summed E-state index contributed by atoms with van der Waals surface area (Å²) in [5, 5.41) is 0.878. The van der Waals surface area contributed by atoms with E-state index in [0.29, 0.717) is 12.4 Å². The van der Waals surface area contributed by atoms with Crippen molar-refractivity contribution in [2.45, 2.75) is 31.3 Å². The fourth-order valence-corrected chi connectivity index (χ4v) is 3.63. The molecule has 0 spiro atoms. The third kappa shape index (κ3) is 2.98. The topological polar surface area (TPSA) is 104 Å². The molecule has 130 valence electrons. The van der Waals surface area contributed by atoms with Crippen LogP contribution in [0.4, 0.5) is 5.82 Å². The number of nitrogens with zero attached hydrogens (tertiary/aromatic N) is 4. The van der Waals surface area contributed by atoms with Gasteiger partial charge in [0.05, 0.1) is 24.2 Å². The van der Waals surface area contributed by atoms with E-state index < -0.39 is 0 Å². The van der Waals surface area contributed by atoms with Crippen molar-refractivity contribution in [2.75, 3.05) is 38.5 Å². The van der Waals surface area contributed by atoms with Crippen molar-refractivity contribution in [3.63, 3.8) is 0 Å². The highest BCUT2D eigenvalue weighted by Gasteiger charge is 2.30. The summed E-state index contributed by atoms with van der Waals surface area (Å²) < 4.78 is 14.0. The predicted octanol–water partition coefficient (Wildman–Crippen LogP) is 0.351. The average molecular weight is 332 g/mol. The second kappa shape index (κ2) is 6.64. The first-order valence-electron chi connectivity index (χ1n) is 8.51. The van der Waals surface area contributed by atoms with Crippen molar-refractivity contribution < 1.29 is 9.47 Å². The summed E-state index contributed by atoms with van der Waals surface area (Å²) in [5.74, 6) is 0.509. The van der Waals surface area contributed by atoms with E-state index in [4.69, 9.17) is 20.9 Å². The Hall–Kier alpha value is -1.74. The van der Waals surface area contributed by atoms with Gasteiger partial charge < -0.3 is 25.5 Å². The minimum atomic E-state index is 0.00754. The summed E-state index contributed by atoms with van der Waals surface area (Å²) in [6, 6.07) is 1.95. The quantitative estimate of drug-likeness (QED) is 0.832. The molecule has 0 saturated carbocycles. The van der Waals surface area contributed by atoms with E-state index in [0.717, 1.165) is 50.1 Å². The van der Waals surface area contributed by atoms with Gasteiger partial charge in [0.2, 0.25) is 0 Å². The van der Waals surface area contributed by atoms with Crippen molar-refractivity contribution in [3.05, 3.63) is 18.6 Å². The Bertz CT molecular complexity index is 705. The molecule has 3 unspecified atom stereocenters. The second-order valence-electron chi connectivity index (χ2n) is 6.50. The van der Waals surface area contributed by atoms with Crippen LogP contribution in [0, 0.1) is 0 Å². The number of hydrogen-bond donors (Lipinski definition) is 2. The lowest BCUT2D eigenvalue weighted by Crippen LogP contribution is -2.47. The normalized spacial score (nSPS) is 28.6. The highest BCUT2D eigenvalue weighted by molar-refractivity contribution is 5.86. The molecule has 3 atom stereocenters. The van der Waals surface area contributed by atoms with Gasteiger partial charge in [0, 0.05) is 32.4 Å². The van der Waals surface area contributed by atoms with E-state index in [1.54, 1.807) is 0 Å². The molecule has 2 aliphatic heterocycles. The van der Waals surface area contributed by atoms with Gasteiger partial charge in [-0.25, -0.2) is 9.97 Å². The number of nitrogen functional groups attached to an aromatic ring is 1. The molecule has 0 bridgehead atoms. The third-order valence-electron chi connectivity index (χ3n) is 4.88. The summed E-state index contributed by atoms with van der Waals surface area (Å²) in [6.07, 6.45) is 5.88. The summed E-state index contributed by atoms with van der Waals surface area (Å²) in [6.45, 7) is 4.07. The van der Waals surface area contributed by atoms with E-state index in [1.165, 1.54) is 6.33 Å². The fourth-order valence-electron chi connectivity index (χ4n) is 3.63. The minimum Gasteiger partial charge on any atom is -0.383 e. The fraction of sp³-hybridized carbons (Fsp3) is 0.625. The predicted molar refractivity (Wildman–Crippen MR) is 90.3 cm³/mol. The van der Waals surface area contributed by atoms with Gasteiger partial charge in [0.1, 0.15) is 24.0 Å². The van der Waals surface area contributed by atoms with Crippen molar-refractivity contribution in [2.24, 2.45) is 5.73 Å². The van der Waals surface area contributed by atoms with Crippen LogP contribution in [-0.4, -0.2) is 64.4 Å². The molecule has 4 rings (SSSR count). The number of fused-ring (bicyclic) bond motifs is 1. The van der Waals surface area contributed by atoms with Gasteiger partial charge in [0.15, 0.2) is 0 Å². The minimum absolute atomic E-state index is 0.00754. The van der Waals surface area contributed by atoms with Crippen molar-refractivity contribution in [3.8, 4) is 0 Å². The van der Waals surface area contributed by atoms with Gasteiger partial charge in [0.25, 0.3) is 0 Å². The van der Waals surface area contributed by atoms with Gasteiger partial charge in [-0.15, -0.1) is 0 Å². The van der Waals surface area contributed by atoms with Gasteiger partial charge in [-0.2, -0.15) is 0 Å². The molecule has 0 aliphatic carbocycles. The van der Waals surface area contributed by atoms with Crippen molar-refractivity contribution >= 4 is 16.9 Å². The smallest absolute Gasteiger partial charge is 0.147 e. The Morgan fingerprint density at radius 1 is 1.25 bits per heavy atom. The molecule has 2 fully saturated rings. The molecule has 4 N–H and O–H groups in total. The monoisotopic (exact) mass is 332 g/mol. The maximum absolute atomic E-state index is 6.27. The largest absolute Gasteiger partial charge is 0.383 e. The van der Waals surface area contributed by atoms with Gasteiger partial charge in [-0.3, -0.25) is 4.90 Å². The zero-order valence-corrected chi connectivity index (χ0v) is 13.7.